The highest BCUT2D eigenvalue weighted by atomic mass is 16.5. The highest BCUT2D eigenvalue weighted by molar-refractivity contribution is 5.74. The van der Waals surface area contributed by atoms with Crippen LogP contribution in [-0.2, 0) is 6.61 Å². The van der Waals surface area contributed by atoms with Crippen molar-refractivity contribution in [1.82, 2.24) is 9.97 Å². The Hall–Kier alpha value is -3.34. The monoisotopic (exact) mass is 332 g/mol. The Morgan fingerprint density at radius 1 is 0.920 bits per heavy atom. The van der Waals surface area contributed by atoms with E-state index in [4.69, 9.17) is 13.9 Å². The molecule has 0 spiro atoms. The van der Waals surface area contributed by atoms with E-state index in [0.717, 1.165) is 22.7 Å². The minimum Gasteiger partial charge on any atom is -0.484 e. The number of nitrogens with zero attached hydrogens (tertiary/aromatic N) is 2. The number of pyridine rings is 1. The van der Waals surface area contributed by atoms with Crippen LogP contribution in [0.1, 0.15) is 11.6 Å². The second-order valence-electron chi connectivity index (χ2n) is 5.57. The number of aryl methyl sites for hydroxylation is 1. The predicted molar refractivity (Wildman–Crippen MR) is 93.8 cm³/mol. The van der Waals surface area contributed by atoms with Crippen LogP contribution in [0.15, 0.2) is 71.3 Å². The van der Waals surface area contributed by atoms with Crippen LogP contribution in [-0.4, -0.2) is 9.97 Å². The zero-order valence-electron chi connectivity index (χ0n) is 13.7. The van der Waals surface area contributed by atoms with Crippen LogP contribution in [0, 0.1) is 6.92 Å². The molecule has 4 aromatic rings. The van der Waals surface area contributed by atoms with Crippen molar-refractivity contribution < 1.29 is 13.9 Å². The van der Waals surface area contributed by atoms with E-state index in [0.29, 0.717) is 17.2 Å². The molecule has 0 radical (unpaired) electrons. The van der Waals surface area contributed by atoms with E-state index in [9.17, 15) is 0 Å². The van der Waals surface area contributed by atoms with Crippen molar-refractivity contribution in [1.29, 1.82) is 0 Å². The summed E-state index contributed by atoms with van der Waals surface area (Å²) in [7, 11) is 0. The topological polar surface area (TPSA) is 57.4 Å². The van der Waals surface area contributed by atoms with Crippen molar-refractivity contribution in [3.63, 3.8) is 0 Å². The molecule has 5 nitrogen and oxygen atoms in total. The number of fused-ring (bicyclic) bond motifs is 1. The molecule has 2 aromatic carbocycles. The number of oxazole rings is 1. The summed E-state index contributed by atoms with van der Waals surface area (Å²) in [4.78, 5) is 8.58. The number of ether oxygens (including phenoxy) is 2. The third-order valence-electron chi connectivity index (χ3n) is 3.61. The second kappa shape index (κ2) is 6.65. The largest absolute Gasteiger partial charge is 0.484 e. The molecule has 0 aliphatic heterocycles. The summed E-state index contributed by atoms with van der Waals surface area (Å²) in [6.45, 7) is 2.17. The van der Waals surface area contributed by atoms with E-state index >= 15 is 0 Å². The van der Waals surface area contributed by atoms with Gasteiger partial charge in [-0.3, -0.25) is 4.98 Å². The number of hydrogen-bond donors (Lipinski definition) is 0. The molecule has 0 saturated carbocycles. The van der Waals surface area contributed by atoms with Gasteiger partial charge in [0.25, 0.3) is 0 Å². The van der Waals surface area contributed by atoms with Gasteiger partial charge in [-0.15, -0.1) is 0 Å². The maximum atomic E-state index is 5.81. The van der Waals surface area contributed by atoms with Gasteiger partial charge in [-0.1, -0.05) is 18.2 Å². The number of benzene rings is 2. The Morgan fingerprint density at radius 3 is 2.64 bits per heavy atom. The lowest BCUT2D eigenvalue weighted by Gasteiger charge is -2.04. The molecule has 2 heterocycles. The van der Waals surface area contributed by atoms with Gasteiger partial charge in [0, 0.05) is 24.0 Å². The highest BCUT2D eigenvalue weighted by Gasteiger charge is 2.08. The fraction of sp³-hybridized carbons (Fsp3) is 0.100. The molecular formula is C20H16N2O3. The third kappa shape index (κ3) is 3.61. The smallest absolute Gasteiger partial charge is 0.233 e. The number of rotatable bonds is 5. The Labute approximate surface area is 144 Å². The van der Waals surface area contributed by atoms with Gasteiger partial charge in [0.15, 0.2) is 12.2 Å². The van der Waals surface area contributed by atoms with Crippen LogP contribution in [0.2, 0.25) is 0 Å². The van der Waals surface area contributed by atoms with Crippen LogP contribution >= 0.6 is 0 Å². The van der Waals surface area contributed by atoms with Crippen LogP contribution in [0.25, 0.3) is 11.1 Å². The Kier molecular flexibility index (Phi) is 4.04. The first-order valence-electron chi connectivity index (χ1n) is 7.94. The fourth-order valence-corrected chi connectivity index (χ4v) is 2.46. The fourth-order valence-electron chi connectivity index (χ4n) is 2.46. The van der Waals surface area contributed by atoms with Crippen LogP contribution in [0.3, 0.4) is 0 Å². The van der Waals surface area contributed by atoms with E-state index in [2.05, 4.69) is 9.97 Å². The molecule has 5 heteroatoms. The van der Waals surface area contributed by atoms with Gasteiger partial charge in [-0.25, -0.2) is 4.98 Å². The van der Waals surface area contributed by atoms with Gasteiger partial charge in [0.2, 0.25) is 5.89 Å². The van der Waals surface area contributed by atoms with Gasteiger partial charge >= 0.3 is 0 Å². The molecule has 0 saturated heterocycles. The molecule has 4 rings (SSSR count). The van der Waals surface area contributed by atoms with Crippen molar-refractivity contribution in [3.05, 3.63) is 78.4 Å². The lowest BCUT2D eigenvalue weighted by Crippen LogP contribution is -1.96. The van der Waals surface area contributed by atoms with Gasteiger partial charge in [-0.05, 0) is 37.3 Å². The maximum Gasteiger partial charge on any atom is 0.233 e. The molecule has 0 amide bonds. The first kappa shape index (κ1) is 15.2. The molecule has 124 valence electrons. The summed E-state index contributed by atoms with van der Waals surface area (Å²) in [6, 6.07) is 18.9. The molecule has 25 heavy (non-hydrogen) atoms. The summed E-state index contributed by atoms with van der Waals surface area (Å²) < 4.78 is 17.3. The van der Waals surface area contributed by atoms with E-state index < -0.39 is 0 Å². The highest BCUT2D eigenvalue weighted by Crippen LogP contribution is 2.26. The summed E-state index contributed by atoms with van der Waals surface area (Å²) in [5, 5.41) is 0. The third-order valence-corrected chi connectivity index (χ3v) is 3.61. The van der Waals surface area contributed by atoms with E-state index in [1.165, 1.54) is 0 Å². The van der Waals surface area contributed by atoms with Gasteiger partial charge in [0.05, 0.1) is 0 Å². The van der Waals surface area contributed by atoms with Crippen molar-refractivity contribution >= 4 is 11.1 Å². The average molecular weight is 332 g/mol. The first-order chi connectivity index (χ1) is 12.3. The molecule has 0 N–H and O–H groups in total. The summed E-state index contributed by atoms with van der Waals surface area (Å²) in [5.74, 6) is 2.73. The zero-order valence-corrected chi connectivity index (χ0v) is 13.7. The molecule has 0 aliphatic rings. The van der Waals surface area contributed by atoms with Crippen molar-refractivity contribution in [2.45, 2.75) is 13.5 Å². The first-order valence-corrected chi connectivity index (χ1v) is 7.94. The molecule has 0 fully saturated rings. The van der Waals surface area contributed by atoms with Crippen LogP contribution < -0.4 is 9.47 Å². The maximum absolute atomic E-state index is 5.81. The SMILES string of the molecule is Cc1cc(OCc2nc3ccc(Oc4ccccc4)cc3o2)ccn1. The lowest BCUT2D eigenvalue weighted by atomic mass is 10.3. The predicted octanol–water partition coefficient (Wildman–Crippen LogP) is 4.90. The molecule has 0 bridgehead atoms. The van der Waals surface area contributed by atoms with Crippen molar-refractivity contribution in [2.24, 2.45) is 0 Å². The number of hydrogen-bond acceptors (Lipinski definition) is 5. The Bertz CT molecular complexity index is 996. The number of aromatic nitrogens is 2. The standard InChI is InChI=1S/C20H16N2O3/c1-14-11-16(9-10-21-14)23-13-20-22-18-8-7-17(12-19(18)25-20)24-15-5-3-2-4-6-15/h2-12H,13H2,1H3. The summed E-state index contributed by atoms with van der Waals surface area (Å²) in [6.07, 6.45) is 1.71. The molecule has 2 aromatic heterocycles. The quantitative estimate of drug-likeness (QED) is 0.520. The average Bonchev–Trinajstić information content (AvgIpc) is 3.03. The van der Waals surface area contributed by atoms with E-state index in [-0.39, 0.29) is 6.61 Å². The second-order valence-corrected chi connectivity index (χ2v) is 5.57. The van der Waals surface area contributed by atoms with E-state index in [1.807, 2.05) is 67.6 Å². The Balaban J connectivity index is 1.50. The van der Waals surface area contributed by atoms with Gasteiger partial charge in [0.1, 0.15) is 22.8 Å². The Morgan fingerprint density at radius 2 is 1.80 bits per heavy atom. The summed E-state index contributed by atoms with van der Waals surface area (Å²) in [5.41, 5.74) is 2.33. The minimum absolute atomic E-state index is 0.257. The minimum atomic E-state index is 0.257. The summed E-state index contributed by atoms with van der Waals surface area (Å²) >= 11 is 0. The van der Waals surface area contributed by atoms with Crippen LogP contribution in [0.4, 0.5) is 0 Å². The van der Waals surface area contributed by atoms with Crippen LogP contribution in [0.5, 0.6) is 17.2 Å². The zero-order chi connectivity index (χ0) is 17.1. The van der Waals surface area contributed by atoms with Crippen molar-refractivity contribution in [2.75, 3.05) is 0 Å². The lowest BCUT2D eigenvalue weighted by molar-refractivity contribution is 0.266. The molecule has 0 unspecified atom stereocenters. The molecule has 0 aliphatic carbocycles. The number of para-hydroxylation sites is 1. The van der Waals surface area contributed by atoms with Crippen molar-refractivity contribution in [3.8, 4) is 17.2 Å². The van der Waals surface area contributed by atoms with Gasteiger partial charge < -0.3 is 13.9 Å². The molecular weight excluding hydrogens is 316 g/mol. The molecule has 0 atom stereocenters. The normalized spacial score (nSPS) is 10.8. The van der Waals surface area contributed by atoms with E-state index in [1.54, 1.807) is 6.20 Å². The van der Waals surface area contributed by atoms with Gasteiger partial charge in [-0.2, -0.15) is 0 Å².